The molecule has 152 valence electrons. The normalized spacial score (nSPS) is 21.8. The van der Waals surface area contributed by atoms with E-state index in [4.69, 9.17) is 0 Å². The number of halogens is 1. The molecular weight excluding hydrogens is 391 g/mol. The van der Waals surface area contributed by atoms with E-state index in [0.29, 0.717) is 24.2 Å². The molecule has 7 heteroatoms. The summed E-state index contributed by atoms with van der Waals surface area (Å²) in [5, 5.41) is 0. The highest BCUT2D eigenvalue weighted by atomic mass is 32.2. The average Bonchev–Trinajstić information content (AvgIpc) is 3.16. The van der Waals surface area contributed by atoms with E-state index in [1.165, 1.54) is 17.3 Å². The minimum atomic E-state index is -3.83. The van der Waals surface area contributed by atoms with Gasteiger partial charge in [-0.3, -0.25) is 9.10 Å². The largest absolute Gasteiger partial charge is 0.309 e. The molecule has 2 aromatic rings. The number of nitrogens with zero attached hydrogens (tertiary/aromatic N) is 2. The predicted octanol–water partition coefficient (Wildman–Crippen LogP) is 3.75. The number of anilines is 2. The topological polar surface area (TPSA) is 57.7 Å². The van der Waals surface area contributed by atoms with E-state index in [0.717, 1.165) is 30.5 Å². The molecule has 1 atom stereocenters. The molecule has 1 unspecified atom stereocenters. The summed E-state index contributed by atoms with van der Waals surface area (Å²) in [5.41, 5.74) is 2.24. The Morgan fingerprint density at radius 2 is 1.93 bits per heavy atom. The Hall–Kier alpha value is -2.41. The van der Waals surface area contributed by atoms with E-state index >= 15 is 0 Å². The smallest absolute Gasteiger partial charge is 0.264 e. The van der Waals surface area contributed by atoms with Crippen molar-refractivity contribution in [2.75, 3.05) is 15.7 Å². The summed E-state index contributed by atoms with van der Waals surface area (Å²) in [6.07, 6.45) is 3.22. The molecule has 5 nitrogen and oxygen atoms in total. The lowest BCUT2D eigenvalue weighted by molar-refractivity contribution is -0.116. The standard InChI is InChI=1S/C22H23FN2O3S/c1-14-11-16-12-17(7-8-19(16)25(14)15(2)26)29(27,28)24-13-22(9-4-10-22)21-18(23)5-3-6-20(21)24/h3,5-8,12,14H,4,9-11,13H2,1-2H3. The molecule has 29 heavy (non-hydrogen) atoms. The molecule has 0 N–H and O–H groups in total. The summed E-state index contributed by atoms with van der Waals surface area (Å²) in [4.78, 5) is 13.9. The number of sulfonamides is 1. The van der Waals surface area contributed by atoms with Crippen molar-refractivity contribution in [3.8, 4) is 0 Å². The minimum Gasteiger partial charge on any atom is -0.309 e. The molecule has 3 aliphatic rings. The Kier molecular flexibility index (Phi) is 3.88. The molecule has 5 rings (SSSR count). The average molecular weight is 415 g/mol. The van der Waals surface area contributed by atoms with Gasteiger partial charge in [-0.25, -0.2) is 12.8 Å². The van der Waals surface area contributed by atoms with Gasteiger partial charge in [0.1, 0.15) is 5.82 Å². The number of rotatable bonds is 2. The van der Waals surface area contributed by atoms with Crippen molar-refractivity contribution in [3.05, 3.63) is 53.3 Å². The Bertz CT molecular complexity index is 1140. The highest BCUT2D eigenvalue weighted by Crippen LogP contribution is 2.54. The van der Waals surface area contributed by atoms with Crippen LogP contribution < -0.4 is 9.21 Å². The van der Waals surface area contributed by atoms with Crippen molar-refractivity contribution in [3.63, 3.8) is 0 Å². The van der Waals surface area contributed by atoms with Gasteiger partial charge in [-0.1, -0.05) is 12.5 Å². The van der Waals surface area contributed by atoms with Gasteiger partial charge in [0.05, 0.1) is 10.6 Å². The Morgan fingerprint density at radius 3 is 2.59 bits per heavy atom. The second-order valence-corrected chi connectivity index (χ2v) is 10.4. The van der Waals surface area contributed by atoms with E-state index in [1.807, 2.05) is 6.92 Å². The van der Waals surface area contributed by atoms with Gasteiger partial charge < -0.3 is 4.90 Å². The van der Waals surface area contributed by atoms with Gasteiger partial charge in [-0.15, -0.1) is 0 Å². The molecule has 1 spiro atoms. The molecule has 0 bridgehead atoms. The van der Waals surface area contributed by atoms with Gasteiger partial charge in [0.2, 0.25) is 5.91 Å². The van der Waals surface area contributed by atoms with Crippen LogP contribution in [-0.4, -0.2) is 26.9 Å². The van der Waals surface area contributed by atoms with Crippen LogP contribution in [0.3, 0.4) is 0 Å². The highest BCUT2D eigenvalue weighted by molar-refractivity contribution is 7.92. The number of benzene rings is 2. The maximum Gasteiger partial charge on any atom is 0.264 e. The van der Waals surface area contributed by atoms with Gasteiger partial charge in [0.25, 0.3) is 10.0 Å². The highest BCUT2D eigenvalue weighted by Gasteiger charge is 2.51. The summed E-state index contributed by atoms with van der Waals surface area (Å²) >= 11 is 0. The summed E-state index contributed by atoms with van der Waals surface area (Å²) in [7, 11) is -3.83. The number of amides is 1. The van der Waals surface area contributed by atoms with Crippen LogP contribution in [0.1, 0.15) is 44.2 Å². The lowest BCUT2D eigenvalue weighted by Crippen LogP contribution is -2.41. The monoisotopic (exact) mass is 414 g/mol. The minimum absolute atomic E-state index is 0.000285. The van der Waals surface area contributed by atoms with Crippen molar-refractivity contribution in [2.24, 2.45) is 0 Å². The number of carbonyl (C=O) groups excluding carboxylic acids is 1. The van der Waals surface area contributed by atoms with Crippen molar-refractivity contribution >= 4 is 27.3 Å². The molecule has 1 aliphatic carbocycles. The fourth-order valence-electron chi connectivity index (χ4n) is 5.29. The van der Waals surface area contributed by atoms with Crippen LogP contribution in [0.5, 0.6) is 0 Å². The fraction of sp³-hybridized carbons (Fsp3) is 0.409. The van der Waals surface area contributed by atoms with Crippen LogP contribution in [0.25, 0.3) is 0 Å². The third-order valence-electron chi connectivity index (χ3n) is 6.74. The van der Waals surface area contributed by atoms with E-state index in [9.17, 15) is 17.6 Å². The van der Waals surface area contributed by atoms with Crippen LogP contribution in [0.4, 0.5) is 15.8 Å². The first-order valence-electron chi connectivity index (χ1n) is 9.99. The first-order valence-corrected chi connectivity index (χ1v) is 11.4. The third kappa shape index (κ3) is 2.49. The molecule has 1 fully saturated rings. The quantitative estimate of drug-likeness (QED) is 0.752. The molecule has 2 heterocycles. The molecule has 2 aromatic carbocycles. The van der Waals surface area contributed by atoms with Gasteiger partial charge in [0.15, 0.2) is 0 Å². The van der Waals surface area contributed by atoms with E-state index in [1.54, 1.807) is 35.2 Å². The number of hydrogen-bond donors (Lipinski definition) is 0. The maximum absolute atomic E-state index is 14.7. The molecule has 2 aliphatic heterocycles. The van der Waals surface area contributed by atoms with Gasteiger partial charge in [-0.2, -0.15) is 0 Å². The van der Waals surface area contributed by atoms with Crippen LogP contribution >= 0.6 is 0 Å². The lowest BCUT2D eigenvalue weighted by atomic mass is 9.65. The number of fused-ring (bicyclic) bond motifs is 3. The summed E-state index contributed by atoms with van der Waals surface area (Å²) in [6, 6.07) is 9.65. The summed E-state index contributed by atoms with van der Waals surface area (Å²) in [5.74, 6) is -0.373. The van der Waals surface area contributed by atoms with Gasteiger partial charge in [-0.05, 0) is 62.1 Å². The fourth-order valence-corrected chi connectivity index (χ4v) is 6.90. The van der Waals surface area contributed by atoms with Crippen LogP contribution in [0.15, 0.2) is 41.3 Å². The van der Waals surface area contributed by atoms with Crippen LogP contribution in [0.2, 0.25) is 0 Å². The molecule has 0 radical (unpaired) electrons. The second kappa shape index (κ2) is 6.05. The van der Waals surface area contributed by atoms with Crippen LogP contribution in [0, 0.1) is 5.82 Å². The van der Waals surface area contributed by atoms with Gasteiger partial charge in [0, 0.05) is 36.2 Å². The van der Waals surface area contributed by atoms with Crippen molar-refractivity contribution in [2.45, 2.75) is 55.9 Å². The maximum atomic E-state index is 14.7. The molecule has 0 saturated heterocycles. The van der Waals surface area contributed by atoms with Crippen molar-refractivity contribution in [1.82, 2.24) is 0 Å². The zero-order valence-electron chi connectivity index (χ0n) is 16.5. The Balaban J connectivity index is 1.58. The van der Waals surface area contributed by atoms with E-state index in [2.05, 4.69) is 0 Å². The lowest BCUT2D eigenvalue weighted by Gasteiger charge is -2.39. The third-order valence-corrected chi connectivity index (χ3v) is 8.50. The zero-order chi connectivity index (χ0) is 20.6. The second-order valence-electron chi connectivity index (χ2n) is 8.51. The zero-order valence-corrected chi connectivity index (χ0v) is 17.3. The van der Waals surface area contributed by atoms with Gasteiger partial charge >= 0.3 is 0 Å². The molecule has 1 amide bonds. The Morgan fingerprint density at radius 1 is 1.17 bits per heavy atom. The number of hydrogen-bond acceptors (Lipinski definition) is 3. The molecule has 0 aromatic heterocycles. The summed E-state index contributed by atoms with van der Waals surface area (Å²) in [6.45, 7) is 3.76. The first-order chi connectivity index (χ1) is 13.7. The first kappa shape index (κ1) is 18.6. The van der Waals surface area contributed by atoms with Crippen molar-refractivity contribution < 1.29 is 17.6 Å². The predicted molar refractivity (Wildman–Crippen MR) is 109 cm³/mol. The number of carbonyl (C=O) groups is 1. The SMILES string of the molecule is CC(=O)N1c2ccc(S(=O)(=O)N3CC4(CCC4)c4c(F)cccc43)cc2CC1C. The van der Waals surface area contributed by atoms with Crippen LogP contribution in [-0.2, 0) is 26.7 Å². The van der Waals surface area contributed by atoms with E-state index in [-0.39, 0.29) is 22.7 Å². The molecular formula is C22H23FN2O3S. The van der Waals surface area contributed by atoms with E-state index < -0.39 is 15.4 Å². The molecule has 1 saturated carbocycles. The Labute approximate surface area is 170 Å². The van der Waals surface area contributed by atoms with Crippen molar-refractivity contribution in [1.29, 1.82) is 0 Å². The summed E-state index contributed by atoms with van der Waals surface area (Å²) < 4.78 is 43.1.